The highest BCUT2D eigenvalue weighted by Gasteiger charge is 2.31. The molecule has 1 aromatic carbocycles. The molecule has 2 aromatic rings. The van der Waals surface area contributed by atoms with Gasteiger partial charge < -0.3 is 29.5 Å². The van der Waals surface area contributed by atoms with Gasteiger partial charge in [-0.15, -0.1) is 0 Å². The summed E-state index contributed by atoms with van der Waals surface area (Å²) in [7, 11) is 4.73. The van der Waals surface area contributed by atoms with Crippen molar-refractivity contribution in [1.82, 2.24) is 14.8 Å². The van der Waals surface area contributed by atoms with Crippen molar-refractivity contribution in [2.75, 3.05) is 52.3 Å². The average molecular weight is 466 g/mol. The van der Waals surface area contributed by atoms with Crippen LogP contribution in [0.4, 0.5) is 14.5 Å². The number of hydrogen-bond acceptors (Lipinski definition) is 6. The Kier molecular flexibility index (Phi) is 7.33. The quantitative estimate of drug-likeness (QED) is 0.629. The van der Waals surface area contributed by atoms with Gasteiger partial charge >= 0.3 is 5.97 Å². The molecule has 9 nitrogen and oxygen atoms in total. The Labute approximate surface area is 189 Å². The van der Waals surface area contributed by atoms with Gasteiger partial charge in [0.25, 0.3) is 0 Å². The molecule has 0 saturated carbocycles. The fourth-order valence-electron chi connectivity index (χ4n) is 4.19. The zero-order valence-corrected chi connectivity index (χ0v) is 19.1. The first-order chi connectivity index (χ1) is 15.6. The molecular formula is C22H28F2N4O5. The van der Waals surface area contributed by atoms with Crippen LogP contribution in [0.25, 0.3) is 10.9 Å². The van der Waals surface area contributed by atoms with Gasteiger partial charge in [0.1, 0.15) is 17.1 Å². The molecule has 2 heterocycles. The van der Waals surface area contributed by atoms with Crippen molar-refractivity contribution in [2.24, 2.45) is 0 Å². The lowest BCUT2D eigenvalue weighted by Gasteiger charge is -2.35. The average Bonchev–Trinajstić information content (AvgIpc) is 2.75. The Hall–Kier alpha value is -3.05. The van der Waals surface area contributed by atoms with Gasteiger partial charge in [0, 0.05) is 46.0 Å². The standard InChI is InChI=1S/C22H28F2N4O5/c1-5-28-15(9-16(29)26(3)4)17(22(31)32)21(30)13-8-14(23)20(18(24)19(13)28)27-6-7-33-12(11-27)10-25-2/h8,12,25H,5-7,9-11H2,1-4H3,(H,31,32). The molecular weight excluding hydrogens is 438 g/mol. The number of rotatable bonds is 7. The smallest absolute Gasteiger partial charge is 0.341 e. The highest BCUT2D eigenvalue weighted by Crippen LogP contribution is 2.32. The van der Waals surface area contributed by atoms with Gasteiger partial charge in [0.2, 0.25) is 11.3 Å². The molecule has 1 aliphatic rings. The van der Waals surface area contributed by atoms with Crippen LogP contribution in [-0.2, 0) is 22.5 Å². The zero-order chi connectivity index (χ0) is 24.4. The van der Waals surface area contributed by atoms with Crippen molar-refractivity contribution in [1.29, 1.82) is 0 Å². The predicted octanol–water partition coefficient (Wildman–Crippen LogP) is 1.05. The van der Waals surface area contributed by atoms with Gasteiger partial charge in [-0.3, -0.25) is 9.59 Å². The van der Waals surface area contributed by atoms with E-state index in [4.69, 9.17) is 4.74 Å². The second-order valence-corrected chi connectivity index (χ2v) is 8.08. The van der Waals surface area contributed by atoms with Crippen molar-refractivity contribution < 1.29 is 28.2 Å². The number of benzene rings is 1. The molecule has 1 amide bonds. The Morgan fingerprint density at radius 3 is 2.61 bits per heavy atom. The number of nitrogens with one attached hydrogen (secondary N) is 1. The third kappa shape index (κ3) is 4.55. The summed E-state index contributed by atoms with van der Waals surface area (Å²) in [6.45, 7) is 2.95. The first-order valence-electron chi connectivity index (χ1n) is 10.6. The van der Waals surface area contributed by atoms with Gasteiger partial charge in [0.05, 0.1) is 30.0 Å². The molecule has 1 aliphatic heterocycles. The zero-order valence-electron chi connectivity index (χ0n) is 19.1. The molecule has 11 heteroatoms. The number of fused-ring (bicyclic) bond motifs is 1. The van der Waals surface area contributed by atoms with Gasteiger partial charge in [0.15, 0.2) is 5.82 Å². The molecule has 1 fully saturated rings. The Balaban J connectivity index is 2.31. The van der Waals surface area contributed by atoms with Crippen molar-refractivity contribution in [3.8, 4) is 0 Å². The fraction of sp³-hybridized carbons (Fsp3) is 0.500. The second kappa shape index (κ2) is 9.84. The molecule has 1 unspecified atom stereocenters. The third-order valence-corrected chi connectivity index (χ3v) is 5.76. The van der Waals surface area contributed by atoms with Crippen LogP contribution >= 0.6 is 0 Å². The van der Waals surface area contributed by atoms with E-state index < -0.39 is 40.9 Å². The summed E-state index contributed by atoms with van der Waals surface area (Å²) in [4.78, 5) is 40.1. The van der Waals surface area contributed by atoms with Crippen LogP contribution < -0.4 is 15.6 Å². The third-order valence-electron chi connectivity index (χ3n) is 5.76. The fourth-order valence-corrected chi connectivity index (χ4v) is 4.19. The first-order valence-corrected chi connectivity index (χ1v) is 10.6. The van der Waals surface area contributed by atoms with Crippen LogP contribution in [0.2, 0.25) is 0 Å². The number of likely N-dealkylation sites (N-methyl/N-ethyl adjacent to an activating group) is 2. The van der Waals surface area contributed by atoms with Crippen molar-refractivity contribution in [3.63, 3.8) is 0 Å². The van der Waals surface area contributed by atoms with E-state index in [0.29, 0.717) is 6.54 Å². The van der Waals surface area contributed by atoms with Crippen LogP contribution in [0.3, 0.4) is 0 Å². The number of carboxylic acids is 1. The molecule has 1 saturated heterocycles. The van der Waals surface area contributed by atoms with Gasteiger partial charge in [-0.25, -0.2) is 13.6 Å². The van der Waals surface area contributed by atoms with E-state index in [1.165, 1.54) is 28.5 Å². The monoisotopic (exact) mass is 466 g/mol. The maximum atomic E-state index is 15.9. The summed E-state index contributed by atoms with van der Waals surface area (Å²) in [6.07, 6.45) is -0.698. The lowest BCUT2D eigenvalue weighted by atomic mass is 10.0. The molecule has 0 aliphatic carbocycles. The molecule has 1 atom stereocenters. The number of amides is 1. The van der Waals surface area contributed by atoms with E-state index in [9.17, 15) is 19.5 Å². The summed E-state index contributed by atoms with van der Waals surface area (Å²) in [6, 6.07) is 0.884. The number of ether oxygens (including phenoxy) is 1. The molecule has 0 bridgehead atoms. The number of aryl methyl sites for hydroxylation is 1. The van der Waals surface area contributed by atoms with E-state index in [1.807, 2.05) is 0 Å². The number of hydrogen-bond donors (Lipinski definition) is 2. The van der Waals surface area contributed by atoms with E-state index in [1.54, 1.807) is 14.0 Å². The van der Waals surface area contributed by atoms with Crippen LogP contribution in [0.1, 0.15) is 23.0 Å². The minimum atomic E-state index is -1.56. The van der Waals surface area contributed by atoms with Crippen molar-refractivity contribution in [3.05, 3.63) is 39.2 Å². The summed E-state index contributed by atoms with van der Waals surface area (Å²) >= 11 is 0. The number of aromatic nitrogens is 1. The number of halogens is 2. The van der Waals surface area contributed by atoms with E-state index in [2.05, 4.69) is 5.32 Å². The lowest BCUT2D eigenvalue weighted by molar-refractivity contribution is -0.128. The highest BCUT2D eigenvalue weighted by atomic mass is 19.1. The number of aromatic carboxylic acids is 1. The van der Waals surface area contributed by atoms with Crippen LogP contribution in [-0.4, -0.2) is 79.9 Å². The topological polar surface area (TPSA) is 104 Å². The number of anilines is 1. The summed E-state index contributed by atoms with van der Waals surface area (Å²) in [5, 5.41) is 12.3. The largest absolute Gasteiger partial charge is 0.477 e. The molecule has 33 heavy (non-hydrogen) atoms. The molecule has 0 spiro atoms. The number of pyridine rings is 1. The normalized spacial score (nSPS) is 16.3. The number of carbonyl (C=O) groups excluding carboxylic acids is 1. The maximum absolute atomic E-state index is 15.9. The molecule has 1 aromatic heterocycles. The highest BCUT2D eigenvalue weighted by molar-refractivity contribution is 5.97. The van der Waals surface area contributed by atoms with Gasteiger partial charge in [-0.05, 0) is 20.0 Å². The van der Waals surface area contributed by atoms with Crippen molar-refractivity contribution in [2.45, 2.75) is 26.0 Å². The summed E-state index contributed by atoms with van der Waals surface area (Å²) in [5.74, 6) is -3.94. The summed E-state index contributed by atoms with van der Waals surface area (Å²) in [5.41, 5.74) is -2.33. The van der Waals surface area contributed by atoms with Crippen LogP contribution in [0, 0.1) is 11.6 Å². The van der Waals surface area contributed by atoms with Gasteiger partial charge in [-0.2, -0.15) is 0 Å². The minimum Gasteiger partial charge on any atom is -0.477 e. The first kappa shape index (κ1) is 24.6. The predicted molar refractivity (Wildman–Crippen MR) is 119 cm³/mol. The second-order valence-electron chi connectivity index (χ2n) is 8.08. The van der Waals surface area contributed by atoms with E-state index in [0.717, 1.165) is 6.07 Å². The molecule has 3 rings (SSSR count). The number of nitrogens with zero attached hydrogens (tertiary/aromatic N) is 3. The number of carboxylic acid groups (broad SMARTS) is 1. The number of morpholine rings is 1. The SMILES string of the molecule is CCn1c(CC(=O)N(C)C)c(C(=O)O)c(=O)c2cc(F)c(N3CCOC(CNC)C3)c(F)c21. The lowest BCUT2D eigenvalue weighted by Crippen LogP contribution is -2.47. The van der Waals surface area contributed by atoms with Gasteiger partial charge in [-0.1, -0.05) is 0 Å². The van der Waals surface area contributed by atoms with E-state index >= 15 is 8.78 Å². The molecule has 2 N–H and O–H groups in total. The molecule has 180 valence electrons. The number of carbonyl (C=O) groups is 2. The van der Waals surface area contributed by atoms with E-state index in [-0.39, 0.29) is 54.6 Å². The Morgan fingerprint density at radius 1 is 1.33 bits per heavy atom. The maximum Gasteiger partial charge on any atom is 0.341 e. The summed E-state index contributed by atoms with van der Waals surface area (Å²) < 4.78 is 38.0. The van der Waals surface area contributed by atoms with Crippen molar-refractivity contribution >= 4 is 28.5 Å². The Bertz CT molecular complexity index is 1150. The Morgan fingerprint density at radius 2 is 2.03 bits per heavy atom. The van der Waals surface area contributed by atoms with Crippen LogP contribution in [0.15, 0.2) is 10.9 Å². The van der Waals surface area contributed by atoms with Crippen LogP contribution in [0.5, 0.6) is 0 Å². The minimum absolute atomic E-state index is 0.0700. The molecule has 0 radical (unpaired) electrons.